The summed E-state index contributed by atoms with van der Waals surface area (Å²) in [5.41, 5.74) is 5.64. The molecule has 2 rings (SSSR count). The molecule has 1 saturated heterocycles. The fraction of sp³-hybridized carbons (Fsp3) is 0.750. The number of nitrogens with zero attached hydrogens (tertiary/aromatic N) is 3. The lowest BCUT2D eigenvalue weighted by atomic mass is 10.2. The molecule has 2 heterocycles. The summed E-state index contributed by atoms with van der Waals surface area (Å²) in [5.74, 6) is 0. The predicted molar refractivity (Wildman–Crippen MR) is 73.1 cm³/mol. The molecule has 0 aliphatic carbocycles. The molecule has 0 amide bonds. The molecule has 1 atom stereocenters. The highest BCUT2D eigenvalue weighted by atomic mass is 32.1. The molecule has 0 radical (unpaired) electrons. The van der Waals surface area contributed by atoms with Gasteiger partial charge in [-0.05, 0) is 33.0 Å². The van der Waals surface area contributed by atoms with Crippen molar-refractivity contribution < 1.29 is 0 Å². The molecule has 0 bridgehead atoms. The van der Waals surface area contributed by atoms with E-state index in [-0.39, 0.29) is 0 Å². The van der Waals surface area contributed by atoms with Crippen LogP contribution in [0.2, 0.25) is 0 Å². The van der Waals surface area contributed by atoms with Crippen LogP contribution in [0.4, 0.5) is 5.13 Å². The topological polar surface area (TPSA) is 45.4 Å². The van der Waals surface area contributed by atoms with Crippen LogP contribution in [0.5, 0.6) is 0 Å². The van der Waals surface area contributed by atoms with Crippen LogP contribution in [-0.4, -0.2) is 47.5 Å². The van der Waals surface area contributed by atoms with Crippen molar-refractivity contribution in [3.63, 3.8) is 0 Å². The molecule has 17 heavy (non-hydrogen) atoms. The number of likely N-dealkylation sites (N-methyl/N-ethyl adjacent to an activating group) is 2. The molecule has 4 nitrogen and oxygen atoms in total. The first-order valence-corrected chi connectivity index (χ1v) is 7.13. The van der Waals surface area contributed by atoms with Gasteiger partial charge < -0.3 is 5.73 Å². The second-order valence-electron chi connectivity index (χ2n) is 4.79. The number of thiazole rings is 1. The standard InChI is InChI=1S/C12H22N4S/c1-3-16-6-4-5-10(16)8-15(2)9-11-7-14-12(13)17-11/h7,10H,3-6,8-9H2,1-2H3,(H2,13,14). The highest BCUT2D eigenvalue weighted by molar-refractivity contribution is 7.15. The van der Waals surface area contributed by atoms with E-state index in [9.17, 15) is 0 Å². The number of anilines is 1. The number of rotatable bonds is 5. The van der Waals surface area contributed by atoms with Gasteiger partial charge in [-0.25, -0.2) is 4.98 Å². The first kappa shape index (κ1) is 12.8. The number of hydrogen-bond acceptors (Lipinski definition) is 5. The van der Waals surface area contributed by atoms with Crippen molar-refractivity contribution >= 4 is 16.5 Å². The molecular weight excluding hydrogens is 232 g/mol. The largest absolute Gasteiger partial charge is 0.375 e. The van der Waals surface area contributed by atoms with Crippen molar-refractivity contribution in [1.29, 1.82) is 0 Å². The van der Waals surface area contributed by atoms with Crippen LogP contribution in [-0.2, 0) is 6.54 Å². The molecule has 2 N–H and O–H groups in total. The lowest BCUT2D eigenvalue weighted by Crippen LogP contribution is -2.38. The maximum absolute atomic E-state index is 5.64. The Morgan fingerprint density at radius 2 is 2.47 bits per heavy atom. The number of likely N-dealkylation sites (tertiary alicyclic amines) is 1. The van der Waals surface area contributed by atoms with Gasteiger partial charge in [-0.2, -0.15) is 0 Å². The minimum atomic E-state index is 0.671. The molecule has 5 heteroatoms. The van der Waals surface area contributed by atoms with Crippen LogP contribution in [0.15, 0.2) is 6.20 Å². The Morgan fingerprint density at radius 1 is 1.65 bits per heavy atom. The van der Waals surface area contributed by atoms with Gasteiger partial charge in [0.2, 0.25) is 0 Å². The van der Waals surface area contributed by atoms with Gasteiger partial charge in [0.15, 0.2) is 5.13 Å². The molecule has 1 aromatic rings. The summed E-state index contributed by atoms with van der Waals surface area (Å²) in [4.78, 5) is 10.3. The number of hydrogen-bond donors (Lipinski definition) is 1. The van der Waals surface area contributed by atoms with Gasteiger partial charge >= 0.3 is 0 Å². The fourth-order valence-electron chi connectivity index (χ4n) is 2.60. The Balaban J connectivity index is 1.82. The van der Waals surface area contributed by atoms with E-state index in [0.717, 1.165) is 19.1 Å². The third-order valence-corrected chi connectivity index (χ3v) is 4.24. The Hall–Kier alpha value is -0.650. The average Bonchev–Trinajstić information content (AvgIpc) is 2.87. The van der Waals surface area contributed by atoms with Crippen molar-refractivity contribution in [3.05, 3.63) is 11.1 Å². The van der Waals surface area contributed by atoms with E-state index in [1.165, 1.54) is 30.8 Å². The third kappa shape index (κ3) is 3.40. The van der Waals surface area contributed by atoms with E-state index in [4.69, 9.17) is 5.73 Å². The molecule has 1 aliphatic rings. The summed E-state index contributed by atoms with van der Waals surface area (Å²) < 4.78 is 0. The first-order chi connectivity index (χ1) is 8.19. The highest BCUT2D eigenvalue weighted by Crippen LogP contribution is 2.20. The second kappa shape index (κ2) is 5.80. The smallest absolute Gasteiger partial charge is 0.180 e. The summed E-state index contributed by atoms with van der Waals surface area (Å²) in [6, 6.07) is 0.732. The van der Waals surface area contributed by atoms with E-state index < -0.39 is 0 Å². The van der Waals surface area contributed by atoms with Crippen LogP contribution in [0, 0.1) is 0 Å². The summed E-state index contributed by atoms with van der Waals surface area (Å²) in [6.45, 7) is 6.80. The highest BCUT2D eigenvalue weighted by Gasteiger charge is 2.23. The number of nitrogens with two attached hydrogens (primary N) is 1. The molecule has 0 saturated carbocycles. The summed E-state index contributed by atoms with van der Waals surface area (Å²) in [6.07, 6.45) is 4.57. The summed E-state index contributed by atoms with van der Waals surface area (Å²) in [7, 11) is 2.18. The Kier molecular flexibility index (Phi) is 4.36. The van der Waals surface area contributed by atoms with Crippen LogP contribution >= 0.6 is 11.3 Å². The van der Waals surface area contributed by atoms with E-state index in [1.54, 1.807) is 11.3 Å². The zero-order valence-electron chi connectivity index (χ0n) is 10.7. The van der Waals surface area contributed by atoms with E-state index in [2.05, 4.69) is 28.8 Å². The van der Waals surface area contributed by atoms with Gasteiger partial charge in [-0.3, -0.25) is 9.80 Å². The van der Waals surface area contributed by atoms with Gasteiger partial charge in [0, 0.05) is 30.2 Å². The summed E-state index contributed by atoms with van der Waals surface area (Å²) in [5, 5.41) is 0.671. The maximum Gasteiger partial charge on any atom is 0.180 e. The molecule has 0 spiro atoms. The minimum absolute atomic E-state index is 0.671. The van der Waals surface area contributed by atoms with E-state index >= 15 is 0 Å². The normalized spacial score (nSPS) is 21.5. The van der Waals surface area contributed by atoms with Crippen molar-refractivity contribution in [2.24, 2.45) is 0 Å². The van der Waals surface area contributed by atoms with Gasteiger partial charge in [0.05, 0.1) is 0 Å². The van der Waals surface area contributed by atoms with Crippen molar-refractivity contribution in [1.82, 2.24) is 14.8 Å². The molecular formula is C12H22N4S. The molecule has 1 aromatic heterocycles. The first-order valence-electron chi connectivity index (χ1n) is 6.31. The number of nitrogen functional groups attached to an aromatic ring is 1. The lowest BCUT2D eigenvalue weighted by molar-refractivity contribution is 0.195. The Labute approximate surface area is 107 Å². The average molecular weight is 254 g/mol. The van der Waals surface area contributed by atoms with Crippen LogP contribution < -0.4 is 5.73 Å². The number of aromatic nitrogens is 1. The van der Waals surface area contributed by atoms with Crippen molar-refractivity contribution in [2.45, 2.75) is 32.4 Å². The van der Waals surface area contributed by atoms with Gasteiger partial charge in [0.1, 0.15) is 0 Å². The third-order valence-electron chi connectivity index (χ3n) is 3.42. The molecule has 1 fully saturated rings. The summed E-state index contributed by atoms with van der Waals surface area (Å²) >= 11 is 1.59. The van der Waals surface area contributed by atoms with Gasteiger partial charge in [0.25, 0.3) is 0 Å². The van der Waals surface area contributed by atoms with E-state index in [0.29, 0.717) is 5.13 Å². The molecule has 96 valence electrons. The SMILES string of the molecule is CCN1CCCC1CN(C)Cc1cnc(N)s1. The minimum Gasteiger partial charge on any atom is -0.375 e. The Morgan fingerprint density at radius 3 is 3.12 bits per heavy atom. The quantitative estimate of drug-likeness (QED) is 0.867. The maximum atomic E-state index is 5.64. The molecule has 0 aromatic carbocycles. The zero-order chi connectivity index (χ0) is 12.3. The molecule has 1 unspecified atom stereocenters. The van der Waals surface area contributed by atoms with Crippen LogP contribution in [0.1, 0.15) is 24.6 Å². The molecule has 1 aliphatic heterocycles. The predicted octanol–water partition coefficient (Wildman–Crippen LogP) is 1.64. The van der Waals surface area contributed by atoms with Gasteiger partial charge in [-0.1, -0.05) is 6.92 Å². The Bertz CT molecular complexity index is 352. The fourth-order valence-corrected chi connectivity index (χ4v) is 3.37. The van der Waals surface area contributed by atoms with Crippen LogP contribution in [0.25, 0.3) is 0 Å². The lowest BCUT2D eigenvalue weighted by Gasteiger charge is -2.27. The van der Waals surface area contributed by atoms with Crippen molar-refractivity contribution in [3.8, 4) is 0 Å². The van der Waals surface area contributed by atoms with Crippen LogP contribution in [0.3, 0.4) is 0 Å². The van der Waals surface area contributed by atoms with Gasteiger partial charge in [-0.15, -0.1) is 11.3 Å². The second-order valence-corrected chi connectivity index (χ2v) is 5.93. The zero-order valence-corrected chi connectivity index (χ0v) is 11.5. The van der Waals surface area contributed by atoms with Crippen molar-refractivity contribution in [2.75, 3.05) is 32.4 Å². The monoisotopic (exact) mass is 254 g/mol. The van der Waals surface area contributed by atoms with E-state index in [1.807, 2.05) is 6.20 Å².